The molecule has 0 aliphatic carbocycles. The Balaban J connectivity index is 1.77. The van der Waals surface area contributed by atoms with Gasteiger partial charge in [-0.05, 0) is 30.3 Å². The first-order valence-corrected chi connectivity index (χ1v) is 7.69. The van der Waals surface area contributed by atoms with Crippen LogP contribution in [0.4, 0.5) is 11.4 Å². The predicted molar refractivity (Wildman–Crippen MR) is 91.3 cm³/mol. The molecule has 0 radical (unpaired) electrons. The van der Waals surface area contributed by atoms with Gasteiger partial charge in [0.2, 0.25) is 5.91 Å². The van der Waals surface area contributed by atoms with Gasteiger partial charge in [-0.3, -0.25) is 4.79 Å². The summed E-state index contributed by atoms with van der Waals surface area (Å²) in [6, 6.07) is 10.9. The molecule has 0 saturated carbocycles. The molecule has 1 amide bonds. The number of fused-ring (bicyclic) bond motifs is 1. The normalized spacial score (nSPS) is 13.0. The molecule has 1 aliphatic heterocycles. The minimum Gasteiger partial charge on any atom is -0.478 e. The number of rotatable bonds is 4. The fourth-order valence-corrected chi connectivity index (χ4v) is 2.62. The van der Waals surface area contributed by atoms with Crippen LogP contribution in [0.5, 0.6) is 5.75 Å². The first kappa shape index (κ1) is 16.8. The Labute approximate surface area is 147 Å². The number of nitrogens with one attached hydrogen (secondary N) is 1. The molecule has 1 heterocycles. The monoisotopic (exact) mass is 360 g/mol. The molecular weight excluding hydrogens is 348 g/mol. The second-order valence-electron chi connectivity index (χ2n) is 5.35. The van der Waals surface area contributed by atoms with Gasteiger partial charge in [0.25, 0.3) is 0 Å². The molecule has 2 aromatic rings. The summed E-state index contributed by atoms with van der Waals surface area (Å²) in [5.41, 5.74) is 0.827. The first-order valence-electron chi connectivity index (χ1n) is 7.31. The largest absolute Gasteiger partial charge is 0.478 e. The van der Waals surface area contributed by atoms with Gasteiger partial charge in [-0.2, -0.15) is 0 Å². The zero-order valence-electron chi connectivity index (χ0n) is 12.9. The third-order valence-electron chi connectivity index (χ3n) is 3.57. The molecule has 25 heavy (non-hydrogen) atoms. The van der Waals surface area contributed by atoms with Crippen LogP contribution in [-0.2, 0) is 9.59 Å². The number of carboxylic acid groups (broad SMARTS) is 1. The van der Waals surface area contributed by atoms with E-state index in [1.54, 1.807) is 29.2 Å². The zero-order valence-corrected chi connectivity index (χ0v) is 13.6. The van der Waals surface area contributed by atoms with Crippen molar-refractivity contribution in [1.82, 2.24) is 0 Å². The van der Waals surface area contributed by atoms with Crippen molar-refractivity contribution in [3.63, 3.8) is 0 Å². The molecule has 1 aliphatic rings. The van der Waals surface area contributed by atoms with Crippen molar-refractivity contribution in [1.29, 1.82) is 0 Å². The van der Waals surface area contributed by atoms with Crippen LogP contribution in [0.15, 0.2) is 42.5 Å². The van der Waals surface area contributed by atoms with Crippen LogP contribution in [0.25, 0.3) is 0 Å². The van der Waals surface area contributed by atoms with Crippen molar-refractivity contribution < 1.29 is 24.2 Å². The smallest absolute Gasteiger partial charge is 0.335 e. The number of carboxylic acids is 1. The number of benzene rings is 2. The van der Waals surface area contributed by atoms with E-state index in [0.717, 1.165) is 0 Å². The number of esters is 1. The van der Waals surface area contributed by atoms with E-state index < -0.39 is 17.8 Å². The third-order valence-corrected chi connectivity index (χ3v) is 3.90. The number of aromatic carboxylic acids is 1. The van der Waals surface area contributed by atoms with Crippen LogP contribution in [-0.4, -0.2) is 36.0 Å². The summed E-state index contributed by atoms with van der Waals surface area (Å²) < 4.78 is 5.12. The van der Waals surface area contributed by atoms with E-state index in [1.165, 1.54) is 18.2 Å². The maximum atomic E-state index is 12.3. The van der Waals surface area contributed by atoms with Crippen molar-refractivity contribution >= 4 is 40.8 Å². The molecule has 0 bridgehead atoms. The molecule has 0 spiro atoms. The number of halogens is 1. The fourth-order valence-electron chi connectivity index (χ4n) is 2.46. The van der Waals surface area contributed by atoms with E-state index in [1.807, 2.05) is 0 Å². The minimum atomic E-state index is -1.13. The Morgan fingerprint density at radius 2 is 2.00 bits per heavy atom. The molecule has 0 atom stereocenters. The lowest BCUT2D eigenvalue weighted by Crippen LogP contribution is -2.41. The van der Waals surface area contributed by atoms with Crippen LogP contribution in [0.1, 0.15) is 10.4 Å². The lowest BCUT2D eigenvalue weighted by atomic mass is 10.2. The average Bonchev–Trinajstić information content (AvgIpc) is 2.56. The molecule has 0 unspecified atom stereocenters. The summed E-state index contributed by atoms with van der Waals surface area (Å²) in [6.45, 7) is -0.174. The second kappa shape index (κ2) is 6.82. The van der Waals surface area contributed by atoms with E-state index in [4.69, 9.17) is 21.4 Å². The van der Waals surface area contributed by atoms with Gasteiger partial charge in [-0.15, -0.1) is 0 Å². The molecular formula is C17H13ClN2O5. The number of para-hydroxylation sites is 2. The molecule has 2 N–H and O–H groups in total. The molecule has 2 aromatic carbocycles. The maximum absolute atomic E-state index is 12.3. The average molecular weight is 361 g/mol. The number of ether oxygens (including phenoxy) is 1. The van der Waals surface area contributed by atoms with E-state index in [9.17, 15) is 14.4 Å². The molecule has 7 nitrogen and oxygen atoms in total. The van der Waals surface area contributed by atoms with Crippen LogP contribution < -0.4 is 15.0 Å². The summed E-state index contributed by atoms with van der Waals surface area (Å²) in [7, 11) is 0. The molecule has 8 heteroatoms. The SMILES string of the molecule is O=C(CN1CC(=O)Oc2ccccc21)Nc1cc(C(=O)O)ccc1Cl. The summed E-state index contributed by atoms with van der Waals surface area (Å²) in [5.74, 6) is -1.64. The number of carbonyl (C=O) groups is 3. The van der Waals surface area contributed by atoms with Crippen LogP contribution in [0, 0.1) is 0 Å². The minimum absolute atomic E-state index is 0.00611. The highest BCUT2D eigenvalue weighted by Gasteiger charge is 2.25. The lowest BCUT2D eigenvalue weighted by molar-refractivity contribution is -0.133. The summed E-state index contributed by atoms with van der Waals surface area (Å²) in [4.78, 5) is 36.6. The van der Waals surface area contributed by atoms with Gasteiger partial charge in [-0.25, -0.2) is 9.59 Å². The highest BCUT2D eigenvalue weighted by atomic mass is 35.5. The van der Waals surface area contributed by atoms with Gasteiger partial charge in [-0.1, -0.05) is 23.7 Å². The van der Waals surface area contributed by atoms with Crippen LogP contribution in [0.2, 0.25) is 5.02 Å². The molecule has 3 rings (SSSR count). The molecule has 0 aromatic heterocycles. The quantitative estimate of drug-likeness (QED) is 0.642. The number of nitrogens with zero attached hydrogens (tertiary/aromatic N) is 1. The standard InChI is InChI=1S/C17H13ClN2O5/c18-11-6-5-10(17(23)24)7-12(11)19-15(21)8-20-9-16(22)25-14-4-2-1-3-13(14)20/h1-7H,8-9H2,(H,19,21)(H,23,24). The maximum Gasteiger partial charge on any atom is 0.335 e. The third kappa shape index (κ3) is 3.72. The topological polar surface area (TPSA) is 95.9 Å². The second-order valence-corrected chi connectivity index (χ2v) is 5.75. The van der Waals surface area contributed by atoms with Crippen molar-refractivity contribution in [3.8, 4) is 5.75 Å². The van der Waals surface area contributed by atoms with Gasteiger partial charge in [0, 0.05) is 0 Å². The van der Waals surface area contributed by atoms with Gasteiger partial charge in [0.15, 0.2) is 5.75 Å². The Morgan fingerprint density at radius 3 is 2.76 bits per heavy atom. The van der Waals surface area contributed by atoms with E-state index in [2.05, 4.69) is 5.32 Å². The van der Waals surface area contributed by atoms with Crippen molar-refractivity contribution in [2.75, 3.05) is 23.3 Å². The predicted octanol–water partition coefficient (Wildman–Crippen LogP) is 2.40. The highest BCUT2D eigenvalue weighted by molar-refractivity contribution is 6.33. The van der Waals surface area contributed by atoms with Gasteiger partial charge in [0.1, 0.15) is 6.54 Å². The van der Waals surface area contributed by atoms with Crippen molar-refractivity contribution in [2.45, 2.75) is 0 Å². The number of hydrogen-bond acceptors (Lipinski definition) is 5. The number of anilines is 2. The molecule has 0 saturated heterocycles. The van der Waals surface area contributed by atoms with Gasteiger partial charge < -0.3 is 20.1 Å². The zero-order chi connectivity index (χ0) is 18.0. The number of amides is 1. The Morgan fingerprint density at radius 1 is 1.24 bits per heavy atom. The molecule has 128 valence electrons. The highest BCUT2D eigenvalue weighted by Crippen LogP contribution is 2.31. The van der Waals surface area contributed by atoms with Crippen molar-refractivity contribution in [3.05, 3.63) is 53.1 Å². The first-order chi connectivity index (χ1) is 11.9. The van der Waals surface area contributed by atoms with E-state index in [-0.39, 0.29) is 29.4 Å². The number of hydrogen-bond donors (Lipinski definition) is 2. The Kier molecular flexibility index (Phi) is 4.58. The lowest BCUT2D eigenvalue weighted by Gasteiger charge is -2.29. The fraction of sp³-hybridized carbons (Fsp3) is 0.118. The Hall–Kier alpha value is -3.06. The van der Waals surface area contributed by atoms with E-state index in [0.29, 0.717) is 11.4 Å². The molecule has 0 fully saturated rings. The number of carbonyl (C=O) groups excluding carboxylic acids is 2. The van der Waals surface area contributed by atoms with Gasteiger partial charge in [0.05, 0.1) is 28.5 Å². The van der Waals surface area contributed by atoms with Crippen LogP contribution >= 0.6 is 11.6 Å². The summed E-state index contributed by atoms with van der Waals surface area (Å²) in [5, 5.41) is 11.8. The Bertz CT molecular complexity index is 868. The van der Waals surface area contributed by atoms with Crippen LogP contribution in [0.3, 0.4) is 0 Å². The summed E-state index contributed by atoms with van der Waals surface area (Å²) >= 11 is 6.00. The summed E-state index contributed by atoms with van der Waals surface area (Å²) in [6.07, 6.45) is 0. The van der Waals surface area contributed by atoms with E-state index >= 15 is 0 Å². The van der Waals surface area contributed by atoms with Gasteiger partial charge >= 0.3 is 11.9 Å². The van der Waals surface area contributed by atoms with Crippen molar-refractivity contribution in [2.24, 2.45) is 0 Å².